The molecule has 0 spiro atoms. The second kappa shape index (κ2) is 5.76. The summed E-state index contributed by atoms with van der Waals surface area (Å²) in [7, 11) is 0. The fourth-order valence-electron chi connectivity index (χ4n) is 1.13. The fraction of sp³-hybridized carbons (Fsp3) is 0.500. The Morgan fingerprint density at radius 1 is 1.46 bits per heavy atom. The summed E-state index contributed by atoms with van der Waals surface area (Å²) in [6, 6.07) is 8.07. The highest BCUT2D eigenvalue weighted by atomic mass is 14.6. The average Bonchev–Trinajstić information content (AvgIpc) is 2.35. The van der Waals surface area contributed by atoms with Gasteiger partial charge in [0.2, 0.25) is 0 Å². The third kappa shape index (κ3) is 4.09. The number of hydrogen-bond donors (Lipinski definition) is 1. The first kappa shape index (κ1) is 4.14. The molecule has 0 aliphatic rings. The van der Waals surface area contributed by atoms with E-state index in [4.69, 9.17) is 15.3 Å². The number of benzene rings is 1. The van der Waals surface area contributed by atoms with Crippen LogP contribution in [0.1, 0.15) is 41.2 Å². The predicted octanol–water partition coefficient (Wildman–Crippen LogP) is 2.75. The molecule has 0 radical (unpaired) electrons. The minimum Gasteiger partial charge on any atom is -0.328 e. The van der Waals surface area contributed by atoms with Gasteiger partial charge in [-0.25, -0.2) is 0 Å². The molecule has 1 rings (SSSR count). The van der Waals surface area contributed by atoms with E-state index in [0.29, 0.717) is 6.42 Å². The molecule has 0 bridgehead atoms. The van der Waals surface area contributed by atoms with Crippen molar-refractivity contribution in [1.82, 2.24) is 0 Å². The van der Waals surface area contributed by atoms with E-state index >= 15 is 0 Å². The van der Waals surface area contributed by atoms with Gasteiger partial charge in [-0.05, 0) is 24.8 Å². The molecule has 72 valence electrons. The lowest BCUT2D eigenvalue weighted by atomic mass is 10.0. The maximum Gasteiger partial charge on any atom is 0.0282 e. The van der Waals surface area contributed by atoms with E-state index in [1.807, 2.05) is 30.3 Å². The molecule has 0 heterocycles. The Kier molecular flexibility index (Phi) is 1.83. The molecule has 0 aliphatic carbocycles. The van der Waals surface area contributed by atoms with Crippen LogP contribution in [-0.4, -0.2) is 6.04 Å². The average molecular weight is 184 g/mol. The highest BCUT2D eigenvalue weighted by molar-refractivity contribution is 5.14. The number of aryl methyl sites for hydroxylation is 1. The third-order valence-electron chi connectivity index (χ3n) is 1.84. The van der Waals surface area contributed by atoms with Gasteiger partial charge in [-0.1, -0.05) is 43.6 Å². The van der Waals surface area contributed by atoms with Gasteiger partial charge in [-0.3, -0.25) is 0 Å². The largest absolute Gasteiger partial charge is 0.328 e. The maximum atomic E-state index is 7.76. The topological polar surface area (TPSA) is 26.0 Å². The molecular formula is C12H19N. The van der Waals surface area contributed by atoms with Crippen LogP contribution < -0.4 is 5.73 Å². The molecule has 13 heavy (non-hydrogen) atoms. The molecule has 1 heteroatoms. The molecule has 2 N–H and O–H groups in total. The zero-order chi connectivity index (χ0) is 15.6. The van der Waals surface area contributed by atoms with Crippen LogP contribution in [0.5, 0.6) is 0 Å². The Bertz CT molecular complexity index is 427. The van der Waals surface area contributed by atoms with Gasteiger partial charge >= 0.3 is 0 Å². The van der Waals surface area contributed by atoms with Gasteiger partial charge < -0.3 is 5.73 Å². The van der Waals surface area contributed by atoms with Crippen LogP contribution in [0.2, 0.25) is 0 Å². The molecule has 0 saturated carbocycles. The summed E-state index contributed by atoms with van der Waals surface area (Å²) in [4.78, 5) is 0. The number of rotatable bonds is 5. The zero-order valence-electron chi connectivity index (χ0n) is 14.5. The summed E-state index contributed by atoms with van der Waals surface area (Å²) in [6.07, 6.45) is -4.98. The summed E-state index contributed by atoms with van der Waals surface area (Å²) >= 11 is 0. The summed E-state index contributed by atoms with van der Waals surface area (Å²) in [5, 5.41) is 0. The van der Waals surface area contributed by atoms with Crippen molar-refractivity contribution in [2.45, 2.75) is 38.5 Å². The van der Waals surface area contributed by atoms with E-state index < -0.39 is 25.6 Å². The number of hydrogen-bond acceptors (Lipinski definition) is 1. The third-order valence-corrected chi connectivity index (χ3v) is 1.84. The van der Waals surface area contributed by atoms with E-state index in [9.17, 15) is 0 Å². The van der Waals surface area contributed by atoms with Crippen LogP contribution in [0.25, 0.3) is 0 Å². The molecular weight excluding hydrogens is 158 g/mol. The normalized spacial score (nSPS) is 23.9. The minimum absolute atomic E-state index is 0.173. The predicted molar refractivity (Wildman–Crippen MR) is 57.6 cm³/mol. The van der Waals surface area contributed by atoms with Crippen molar-refractivity contribution >= 4 is 0 Å². The molecule has 0 saturated heterocycles. The molecule has 1 unspecified atom stereocenters. The van der Waals surface area contributed by atoms with Crippen LogP contribution in [0.4, 0.5) is 0 Å². The first-order valence-electron chi connectivity index (χ1n) is 7.79. The van der Waals surface area contributed by atoms with Gasteiger partial charge in [0, 0.05) is 15.6 Å². The van der Waals surface area contributed by atoms with E-state index in [0.717, 1.165) is 5.56 Å². The van der Waals surface area contributed by atoms with Crippen molar-refractivity contribution in [1.29, 1.82) is 0 Å². The second-order valence-corrected chi connectivity index (χ2v) is 2.90. The van der Waals surface area contributed by atoms with E-state index in [1.165, 1.54) is 0 Å². The number of nitrogens with two attached hydrogens (primary N) is 1. The first-order chi connectivity index (χ1) is 9.00. The molecule has 0 amide bonds. The zero-order valence-corrected chi connectivity index (χ0v) is 7.46. The Balaban J connectivity index is 2.77. The van der Waals surface area contributed by atoms with Crippen molar-refractivity contribution < 1.29 is 9.60 Å². The van der Waals surface area contributed by atoms with Gasteiger partial charge in [0.05, 0.1) is 0 Å². The molecule has 0 aliphatic heterocycles. The van der Waals surface area contributed by atoms with Gasteiger partial charge in [0.25, 0.3) is 0 Å². The van der Waals surface area contributed by atoms with Crippen molar-refractivity contribution in [3.05, 3.63) is 35.9 Å². The quantitative estimate of drug-likeness (QED) is 0.748. The summed E-state index contributed by atoms with van der Waals surface area (Å²) in [5.41, 5.74) is 6.67. The van der Waals surface area contributed by atoms with Gasteiger partial charge in [-0.2, -0.15) is 0 Å². The molecule has 0 fully saturated rings. The van der Waals surface area contributed by atoms with E-state index in [2.05, 4.69) is 0 Å². The van der Waals surface area contributed by atoms with Crippen LogP contribution in [0.15, 0.2) is 30.3 Å². The lowest BCUT2D eigenvalue weighted by Gasteiger charge is -2.09. The fourth-order valence-corrected chi connectivity index (χ4v) is 1.13. The van der Waals surface area contributed by atoms with Crippen LogP contribution in [-0.2, 0) is 6.42 Å². The van der Waals surface area contributed by atoms with E-state index in [1.54, 1.807) is 0 Å². The standard InChI is InChI=1S/C12H19N/c1-2-6-12(13)10-9-11-7-4-3-5-8-11/h3-5,7-8,12H,2,6,9-10,13H2,1H3/i1D3,2D2,6D2. The first-order valence-corrected chi connectivity index (χ1v) is 4.29. The Hall–Kier alpha value is -0.820. The molecule has 1 aromatic carbocycles. The molecule has 0 aromatic heterocycles. The van der Waals surface area contributed by atoms with Gasteiger partial charge in [-0.15, -0.1) is 0 Å². The molecule has 1 nitrogen and oxygen atoms in total. The Labute approximate surface area is 90.8 Å². The smallest absolute Gasteiger partial charge is 0.0282 e. The second-order valence-electron chi connectivity index (χ2n) is 2.90. The highest BCUT2D eigenvalue weighted by Crippen LogP contribution is 2.06. The molecule has 1 atom stereocenters. The Morgan fingerprint density at radius 2 is 2.23 bits per heavy atom. The van der Waals surface area contributed by atoms with Crippen molar-refractivity contribution in [2.75, 3.05) is 0 Å². The van der Waals surface area contributed by atoms with Crippen molar-refractivity contribution in [2.24, 2.45) is 5.73 Å². The van der Waals surface area contributed by atoms with Crippen molar-refractivity contribution in [3.63, 3.8) is 0 Å². The lowest BCUT2D eigenvalue weighted by molar-refractivity contribution is 0.561. The Morgan fingerprint density at radius 3 is 2.92 bits per heavy atom. The SMILES string of the molecule is [2H]C([2H])([2H])C([2H])([2H])C([2H])([2H])C(N)CCc1ccccc1. The van der Waals surface area contributed by atoms with Gasteiger partial charge in [0.1, 0.15) is 0 Å². The monoisotopic (exact) mass is 184 g/mol. The maximum absolute atomic E-state index is 7.76. The van der Waals surface area contributed by atoms with Crippen LogP contribution in [0, 0.1) is 0 Å². The minimum atomic E-state index is -3.05. The summed E-state index contributed by atoms with van der Waals surface area (Å²) < 4.78 is 52.0. The molecule has 1 aromatic rings. The summed E-state index contributed by atoms with van der Waals surface area (Å²) in [5.74, 6) is 0. The highest BCUT2D eigenvalue weighted by Gasteiger charge is 2.00. The van der Waals surface area contributed by atoms with E-state index in [-0.39, 0.29) is 6.42 Å². The van der Waals surface area contributed by atoms with Gasteiger partial charge in [0.15, 0.2) is 0 Å². The summed E-state index contributed by atoms with van der Waals surface area (Å²) in [6.45, 7) is -3.05. The van der Waals surface area contributed by atoms with Crippen LogP contribution in [0.3, 0.4) is 0 Å². The lowest BCUT2D eigenvalue weighted by Crippen LogP contribution is -2.20. The van der Waals surface area contributed by atoms with Crippen LogP contribution >= 0.6 is 0 Å². The van der Waals surface area contributed by atoms with Crippen molar-refractivity contribution in [3.8, 4) is 0 Å².